The number of nitrogens with zero attached hydrogens (tertiary/aromatic N) is 2. The van der Waals surface area contributed by atoms with Crippen molar-refractivity contribution in [2.75, 3.05) is 31.6 Å². The first-order valence-corrected chi connectivity index (χ1v) is 8.52. The van der Waals surface area contributed by atoms with Gasteiger partial charge in [0.05, 0.1) is 12.7 Å². The fourth-order valence-corrected chi connectivity index (χ4v) is 3.45. The Bertz CT molecular complexity index is 673. The second kappa shape index (κ2) is 7.13. The minimum absolute atomic E-state index is 0.0130. The number of piperazine rings is 1. The highest BCUT2D eigenvalue weighted by Gasteiger charge is 2.35. The van der Waals surface area contributed by atoms with Crippen LogP contribution in [0.5, 0.6) is 0 Å². The molecule has 2 fully saturated rings. The van der Waals surface area contributed by atoms with Gasteiger partial charge in [0.15, 0.2) is 0 Å². The van der Waals surface area contributed by atoms with Crippen molar-refractivity contribution in [2.45, 2.75) is 31.8 Å². The molecule has 2 aliphatic rings. The predicted octanol–water partition coefficient (Wildman–Crippen LogP) is 0.789. The van der Waals surface area contributed by atoms with Gasteiger partial charge in [-0.3, -0.25) is 9.59 Å². The van der Waals surface area contributed by atoms with Gasteiger partial charge < -0.3 is 19.9 Å². The Morgan fingerprint density at radius 3 is 2.48 bits per heavy atom. The molecule has 0 aromatic heterocycles. The topological polar surface area (TPSA) is 79.0 Å². The number of hydrogen-bond donors (Lipinski definition) is 1. The highest BCUT2D eigenvalue weighted by Crippen LogP contribution is 2.21. The van der Waals surface area contributed by atoms with E-state index in [2.05, 4.69) is 10.2 Å². The summed E-state index contributed by atoms with van der Waals surface area (Å²) in [5.74, 6) is -0.386. The van der Waals surface area contributed by atoms with E-state index in [-0.39, 0.29) is 29.9 Å². The van der Waals surface area contributed by atoms with E-state index < -0.39 is 0 Å². The summed E-state index contributed by atoms with van der Waals surface area (Å²) >= 11 is 0. The van der Waals surface area contributed by atoms with E-state index in [9.17, 15) is 14.4 Å². The number of benzene rings is 1. The van der Waals surface area contributed by atoms with Gasteiger partial charge in [-0.25, -0.2) is 4.79 Å². The van der Waals surface area contributed by atoms with Gasteiger partial charge >= 0.3 is 5.97 Å². The summed E-state index contributed by atoms with van der Waals surface area (Å²) < 4.78 is 4.71. The maximum absolute atomic E-state index is 12.6. The molecule has 7 heteroatoms. The second-order valence-electron chi connectivity index (χ2n) is 6.52. The van der Waals surface area contributed by atoms with E-state index in [1.807, 2.05) is 24.0 Å². The number of amides is 2. The lowest BCUT2D eigenvalue weighted by molar-refractivity contribution is -0.136. The van der Waals surface area contributed by atoms with Crippen molar-refractivity contribution >= 4 is 23.5 Å². The molecule has 2 aliphatic heterocycles. The standard InChI is InChI=1S/C18H23N3O4/c1-12-11-20(14-5-3-13(4-6-14)18(24)25-2)9-10-21(12)17(23)15-7-8-16(22)19-15/h3-6,12,15H,7-11H2,1-2H3,(H,19,22)/t12-,15+/m1/s1. The maximum Gasteiger partial charge on any atom is 0.337 e. The van der Waals surface area contributed by atoms with E-state index in [4.69, 9.17) is 4.74 Å². The molecule has 1 N–H and O–H groups in total. The number of ether oxygens (including phenoxy) is 1. The average Bonchev–Trinajstić information content (AvgIpc) is 3.07. The molecule has 1 aromatic rings. The Morgan fingerprint density at radius 1 is 1.20 bits per heavy atom. The van der Waals surface area contributed by atoms with Gasteiger partial charge in [-0.2, -0.15) is 0 Å². The van der Waals surface area contributed by atoms with E-state index in [0.29, 0.717) is 38.0 Å². The number of carbonyl (C=O) groups excluding carboxylic acids is 3. The highest BCUT2D eigenvalue weighted by atomic mass is 16.5. The number of methoxy groups -OCH3 is 1. The van der Waals surface area contributed by atoms with Crippen LogP contribution in [0.3, 0.4) is 0 Å². The van der Waals surface area contributed by atoms with Crippen molar-refractivity contribution in [3.63, 3.8) is 0 Å². The van der Waals surface area contributed by atoms with Gasteiger partial charge in [-0.15, -0.1) is 0 Å². The van der Waals surface area contributed by atoms with Gasteiger partial charge in [0, 0.05) is 37.8 Å². The van der Waals surface area contributed by atoms with Gasteiger partial charge in [0.25, 0.3) is 0 Å². The number of rotatable bonds is 3. The van der Waals surface area contributed by atoms with Gasteiger partial charge in [0.1, 0.15) is 6.04 Å². The van der Waals surface area contributed by atoms with Crippen LogP contribution in [0.2, 0.25) is 0 Å². The third-order valence-electron chi connectivity index (χ3n) is 4.86. The number of anilines is 1. The molecular weight excluding hydrogens is 322 g/mol. The molecule has 2 atom stereocenters. The van der Waals surface area contributed by atoms with Crippen LogP contribution in [0.4, 0.5) is 5.69 Å². The minimum atomic E-state index is -0.374. The summed E-state index contributed by atoms with van der Waals surface area (Å²) in [5.41, 5.74) is 1.53. The van der Waals surface area contributed by atoms with Crippen molar-refractivity contribution < 1.29 is 19.1 Å². The molecule has 0 unspecified atom stereocenters. The smallest absolute Gasteiger partial charge is 0.337 e. The van der Waals surface area contributed by atoms with Crippen LogP contribution in [-0.2, 0) is 14.3 Å². The third-order valence-corrected chi connectivity index (χ3v) is 4.86. The first-order chi connectivity index (χ1) is 12.0. The van der Waals surface area contributed by atoms with Crippen LogP contribution in [0.15, 0.2) is 24.3 Å². The van der Waals surface area contributed by atoms with E-state index in [1.165, 1.54) is 7.11 Å². The second-order valence-corrected chi connectivity index (χ2v) is 6.52. The molecule has 2 heterocycles. The maximum atomic E-state index is 12.6. The lowest BCUT2D eigenvalue weighted by atomic mass is 10.1. The van der Waals surface area contributed by atoms with Gasteiger partial charge in [-0.1, -0.05) is 0 Å². The van der Waals surface area contributed by atoms with Crippen LogP contribution in [0.1, 0.15) is 30.1 Å². The van der Waals surface area contributed by atoms with Crippen molar-refractivity contribution in [1.82, 2.24) is 10.2 Å². The summed E-state index contributed by atoms with van der Waals surface area (Å²) in [7, 11) is 1.36. The fraction of sp³-hybridized carbons (Fsp3) is 0.500. The largest absolute Gasteiger partial charge is 0.465 e. The lowest BCUT2D eigenvalue weighted by Crippen LogP contribution is -2.57. The summed E-state index contributed by atoms with van der Waals surface area (Å²) in [6, 6.07) is 6.97. The summed E-state index contributed by atoms with van der Waals surface area (Å²) in [6.07, 6.45) is 1.01. The molecule has 0 saturated carbocycles. The summed E-state index contributed by atoms with van der Waals surface area (Å²) in [5, 5.41) is 2.75. The molecule has 134 valence electrons. The molecular formula is C18H23N3O4. The highest BCUT2D eigenvalue weighted by molar-refractivity contribution is 5.91. The third kappa shape index (κ3) is 3.60. The van der Waals surface area contributed by atoms with E-state index >= 15 is 0 Å². The summed E-state index contributed by atoms with van der Waals surface area (Å²) in [4.78, 5) is 39.5. The molecule has 0 aliphatic carbocycles. The van der Waals surface area contributed by atoms with Crippen LogP contribution in [0, 0.1) is 0 Å². The predicted molar refractivity (Wildman–Crippen MR) is 92.3 cm³/mol. The van der Waals surface area contributed by atoms with Crippen molar-refractivity contribution in [3.05, 3.63) is 29.8 Å². The van der Waals surface area contributed by atoms with Gasteiger partial charge in [0.2, 0.25) is 11.8 Å². The minimum Gasteiger partial charge on any atom is -0.465 e. The number of esters is 1. The average molecular weight is 345 g/mol. The molecule has 0 spiro atoms. The fourth-order valence-electron chi connectivity index (χ4n) is 3.45. The van der Waals surface area contributed by atoms with Crippen molar-refractivity contribution in [3.8, 4) is 0 Å². The Hall–Kier alpha value is -2.57. The Balaban J connectivity index is 1.62. The number of nitrogens with one attached hydrogen (secondary N) is 1. The molecule has 0 bridgehead atoms. The first-order valence-electron chi connectivity index (χ1n) is 8.52. The van der Waals surface area contributed by atoms with Crippen molar-refractivity contribution in [2.24, 2.45) is 0 Å². The molecule has 1 aromatic carbocycles. The molecule has 3 rings (SSSR count). The van der Waals surface area contributed by atoms with E-state index in [0.717, 1.165) is 5.69 Å². The molecule has 2 saturated heterocycles. The number of carbonyl (C=O) groups is 3. The van der Waals surface area contributed by atoms with E-state index in [1.54, 1.807) is 12.1 Å². The Labute approximate surface area is 146 Å². The Kier molecular flexibility index (Phi) is 4.92. The first kappa shape index (κ1) is 17.3. The normalized spacial score (nSPS) is 23.4. The molecule has 2 amide bonds. The number of hydrogen-bond acceptors (Lipinski definition) is 5. The SMILES string of the molecule is COC(=O)c1ccc(N2CCN(C(=O)[C@@H]3CCC(=O)N3)[C@H](C)C2)cc1. The quantitative estimate of drug-likeness (QED) is 0.820. The molecule has 0 radical (unpaired) electrons. The molecule has 7 nitrogen and oxygen atoms in total. The van der Waals surface area contributed by atoms with Crippen LogP contribution >= 0.6 is 0 Å². The van der Waals surface area contributed by atoms with Crippen molar-refractivity contribution in [1.29, 1.82) is 0 Å². The van der Waals surface area contributed by atoms with Crippen LogP contribution < -0.4 is 10.2 Å². The van der Waals surface area contributed by atoms with Crippen LogP contribution in [-0.4, -0.2) is 61.5 Å². The zero-order chi connectivity index (χ0) is 18.0. The summed E-state index contributed by atoms with van der Waals surface area (Å²) in [6.45, 7) is 4.06. The van der Waals surface area contributed by atoms with Crippen LogP contribution in [0.25, 0.3) is 0 Å². The van der Waals surface area contributed by atoms with Gasteiger partial charge in [-0.05, 0) is 37.6 Å². The zero-order valence-electron chi connectivity index (χ0n) is 14.5. The monoisotopic (exact) mass is 345 g/mol. The molecule has 25 heavy (non-hydrogen) atoms. The lowest BCUT2D eigenvalue weighted by Gasteiger charge is -2.41. The zero-order valence-corrected chi connectivity index (χ0v) is 14.5. The Morgan fingerprint density at radius 2 is 1.92 bits per heavy atom.